The number of carbonyl (C=O) groups is 2. The minimum absolute atomic E-state index is 0.0352. The number of aryl methyl sites for hydroxylation is 1. The minimum atomic E-state index is -1.01. The standard InChI is InChI=1S/C19H23F2N5O2/c1-10-8-18(28)24-19(22-10)26-12(3)14(11(2)25-26)5-7-17(27)23-13-4-6-15(20)16(21)9-13/h4,6,9-10,19,22H,5,7-8H2,1-3H3,(H,23,27)(H,24,28). The number of nitrogens with one attached hydrogen (secondary N) is 3. The lowest BCUT2D eigenvalue weighted by molar-refractivity contribution is -0.125. The molecule has 2 unspecified atom stereocenters. The summed E-state index contributed by atoms with van der Waals surface area (Å²) in [4.78, 5) is 24.0. The molecule has 3 rings (SSSR count). The van der Waals surface area contributed by atoms with Gasteiger partial charge in [0.1, 0.15) is 0 Å². The fourth-order valence-electron chi connectivity index (χ4n) is 3.34. The van der Waals surface area contributed by atoms with Crippen LogP contribution in [0.2, 0.25) is 0 Å². The zero-order valence-corrected chi connectivity index (χ0v) is 16.0. The van der Waals surface area contributed by atoms with Gasteiger partial charge in [0.05, 0.1) is 5.69 Å². The van der Waals surface area contributed by atoms with Gasteiger partial charge in [0.15, 0.2) is 17.9 Å². The topological polar surface area (TPSA) is 88.1 Å². The van der Waals surface area contributed by atoms with Gasteiger partial charge in [0.25, 0.3) is 0 Å². The molecule has 3 N–H and O–H groups in total. The molecule has 0 spiro atoms. The lowest BCUT2D eigenvalue weighted by Gasteiger charge is -2.30. The van der Waals surface area contributed by atoms with Crippen molar-refractivity contribution in [2.45, 2.75) is 52.4 Å². The second-order valence-electron chi connectivity index (χ2n) is 7.01. The van der Waals surface area contributed by atoms with Gasteiger partial charge in [-0.3, -0.25) is 14.9 Å². The van der Waals surface area contributed by atoms with E-state index in [1.54, 1.807) is 4.68 Å². The number of carbonyl (C=O) groups excluding carboxylic acids is 2. The maximum absolute atomic E-state index is 13.2. The third kappa shape index (κ3) is 4.36. The Morgan fingerprint density at radius 3 is 2.75 bits per heavy atom. The van der Waals surface area contributed by atoms with E-state index in [1.165, 1.54) is 6.07 Å². The molecule has 1 fully saturated rings. The van der Waals surface area contributed by atoms with Crippen LogP contribution < -0.4 is 16.0 Å². The first-order valence-corrected chi connectivity index (χ1v) is 9.09. The normalized spacial score (nSPS) is 19.4. The van der Waals surface area contributed by atoms with Crippen LogP contribution in [0.4, 0.5) is 14.5 Å². The van der Waals surface area contributed by atoms with Crippen LogP contribution in [0, 0.1) is 25.5 Å². The first-order valence-electron chi connectivity index (χ1n) is 9.09. The maximum Gasteiger partial charge on any atom is 0.224 e. The number of rotatable bonds is 5. The van der Waals surface area contributed by atoms with Crippen LogP contribution >= 0.6 is 0 Å². The van der Waals surface area contributed by atoms with Crippen molar-refractivity contribution in [3.63, 3.8) is 0 Å². The molecular weight excluding hydrogens is 368 g/mol. The third-order valence-electron chi connectivity index (χ3n) is 4.76. The maximum atomic E-state index is 13.2. The van der Waals surface area contributed by atoms with Crippen molar-refractivity contribution in [3.05, 3.63) is 46.8 Å². The molecule has 1 aliphatic heterocycles. The van der Waals surface area contributed by atoms with E-state index in [9.17, 15) is 18.4 Å². The Hall–Kier alpha value is -2.81. The summed E-state index contributed by atoms with van der Waals surface area (Å²) in [7, 11) is 0. The predicted molar refractivity (Wildman–Crippen MR) is 99.4 cm³/mol. The summed E-state index contributed by atoms with van der Waals surface area (Å²) in [5, 5.41) is 13.2. The highest BCUT2D eigenvalue weighted by Gasteiger charge is 2.27. The van der Waals surface area contributed by atoms with Gasteiger partial charge in [-0.15, -0.1) is 0 Å². The Labute approximate surface area is 161 Å². The van der Waals surface area contributed by atoms with Crippen LogP contribution in [-0.4, -0.2) is 27.6 Å². The number of nitrogens with zero attached hydrogens (tertiary/aromatic N) is 2. The van der Waals surface area contributed by atoms with Gasteiger partial charge in [-0.25, -0.2) is 13.5 Å². The summed E-state index contributed by atoms with van der Waals surface area (Å²) >= 11 is 0. The number of aromatic nitrogens is 2. The van der Waals surface area contributed by atoms with Gasteiger partial charge in [-0.2, -0.15) is 5.10 Å². The summed E-state index contributed by atoms with van der Waals surface area (Å²) in [6.45, 7) is 5.66. The van der Waals surface area contributed by atoms with Crippen LogP contribution in [0.15, 0.2) is 18.2 Å². The van der Waals surface area contributed by atoms with E-state index in [4.69, 9.17) is 0 Å². The summed E-state index contributed by atoms with van der Waals surface area (Å²) < 4.78 is 27.9. The molecule has 0 bridgehead atoms. The van der Waals surface area contributed by atoms with Crippen molar-refractivity contribution >= 4 is 17.5 Å². The molecule has 9 heteroatoms. The van der Waals surface area contributed by atoms with Crippen LogP contribution in [0.3, 0.4) is 0 Å². The summed E-state index contributed by atoms with van der Waals surface area (Å²) in [5.41, 5.74) is 2.74. The highest BCUT2D eigenvalue weighted by atomic mass is 19.2. The Morgan fingerprint density at radius 2 is 2.07 bits per heavy atom. The number of halogens is 2. The Bertz CT molecular complexity index is 912. The molecule has 150 valence electrons. The minimum Gasteiger partial charge on any atom is -0.326 e. The fourth-order valence-corrected chi connectivity index (χ4v) is 3.34. The number of hydrogen-bond donors (Lipinski definition) is 3. The lowest BCUT2D eigenvalue weighted by atomic mass is 10.1. The Kier molecular flexibility index (Phi) is 5.73. The summed E-state index contributed by atoms with van der Waals surface area (Å²) in [6.07, 6.45) is 0.573. The molecule has 2 aromatic rings. The van der Waals surface area contributed by atoms with Crippen molar-refractivity contribution in [2.24, 2.45) is 0 Å². The van der Waals surface area contributed by atoms with Crippen LogP contribution in [0.25, 0.3) is 0 Å². The van der Waals surface area contributed by atoms with Crippen molar-refractivity contribution in [3.8, 4) is 0 Å². The van der Waals surface area contributed by atoms with Gasteiger partial charge >= 0.3 is 0 Å². The van der Waals surface area contributed by atoms with E-state index in [1.807, 2.05) is 20.8 Å². The first-order chi connectivity index (χ1) is 13.2. The highest BCUT2D eigenvalue weighted by molar-refractivity contribution is 5.90. The summed E-state index contributed by atoms with van der Waals surface area (Å²) in [5.74, 6) is -2.33. The molecule has 1 aromatic heterocycles. The lowest BCUT2D eigenvalue weighted by Crippen LogP contribution is -2.52. The average molecular weight is 391 g/mol. The van der Waals surface area contributed by atoms with E-state index >= 15 is 0 Å². The molecule has 0 aliphatic carbocycles. The molecule has 2 heterocycles. The SMILES string of the molecule is Cc1nn(C2NC(=O)CC(C)N2)c(C)c1CCC(=O)Nc1ccc(F)c(F)c1. The van der Waals surface area contributed by atoms with Gasteiger partial charge in [-0.1, -0.05) is 0 Å². The predicted octanol–water partition coefficient (Wildman–Crippen LogP) is 2.30. The Balaban J connectivity index is 1.66. The van der Waals surface area contributed by atoms with Gasteiger partial charge in [0, 0.05) is 36.3 Å². The van der Waals surface area contributed by atoms with Gasteiger partial charge in [-0.05, 0) is 44.9 Å². The second kappa shape index (κ2) is 8.05. The zero-order valence-electron chi connectivity index (χ0n) is 16.0. The molecule has 7 nitrogen and oxygen atoms in total. The molecule has 1 aliphatic rings. The van der Waals surface area contributed by atoms with E-state index in [0.717, 1.165) is 29.1 Å². The smallest absolute Gasteiger partial charge is 0.224 e. The second-order valence-corrected chi connectivity index (χ2v) is 7.01. The summed E-state index contributed by atoms with van der Waals surface area (Å²) in [6, 6.07) is 3.26. The van der Waals surface area contributed by atoms with E-state index in [2.05, 4.69) is 21.0 Å². The Morgan fingerprint density at radius 1 is 1.32 bits per heavy atom. The molecule has 0 radical (unpaired) electrons. The molecule has 2 amide bonds. The fraction of sp³-hybridized carbons (Fsp3) is 0.421. The van der Waals surface area contributed by atoms with Gasteiger partial charge < -0.3 is 10.6 Å². The quantitative estimate of drug-likeness (QED) is 0.730. The molecule has 2 atom stereocenters. The van der Waals surface area contributed by atoms with E-state index < -0.39 is 17.9 Å². The number of benzene rings is 1. The third-order valence-corrected chi connectivity index (χ3v) is 4.76. The molecule has 1 saturated heterocycles. The highest BCUT2D eigenvalue weighted by Crippen LogP contribution is 2.20. The van der Waals surface area contributed by atoms with Crippen molar-refractivity contribution in [2.75, 3.05) is 5.32 Å². The molecule has 1 aromatic carbocycles. The van der Waals surface area contributed by atoms with Gasteiger partial charge in [0.2, 0.25) is 11.8 Å². The molecule has 0 saturated carbocycles. The molecule has 28 heavy (non-hydrogen) atoms. The van der Waals surface area contributed by atoms with Crippen molar-refractivity contribution in [1.82, 2.24) is 20.4 Å². The number of amides is 2. The van der Waals surface area contributed by atoms with Crippen molar-refractivity contribution < 1.29 is 18.4 Å². The van der Waals surface area contributed by atoms with Crippen LogP contribution in [-0.2, 0) is 16.0 Å². The first kappa shape index (κ1) is 19.9. The van der Waals surface area contributed by atoms with E-state index in [-0.39, 0.29) is 30.0 Å². The van der Waals surface area contributed by atoms with Crippen LogP contribution in [0.5, 0.6) is 0 Å². The molecular formula is C19H23F2N5O2. The van der Waals surface area contributed by atoms with Crippen molar-refractivity contribution in [1.29, 1.82) is 0 Å². The average Bonchev–Trinajstić information content (AvgIpc) is 2.90. The monoisotopic (exact) mass is 391 g/mol. The van der Waals surface area contributed by atoms with E-state index in [0.29, 0.717) is 12.8 Å². The zero-order chi connectivity index (χ0) is 20.4. The number of hydrogen-bond acceptors (Lipinski definition) is 4. The number of anilines is 1. The van der Waals surface area contributed by atoms with Crippen LogP contribution in [0.1, 0.15) is 43.0 Å². The largest absolute Gasteiger partial charge is 0.326 e.